The van der Waals surface area contributed by atoms with Crippen molar-refractivity contribution in [3.05, 3.63) is 29.3 Å². The van der Waals surface area contributed by atoms with Crippen LogP contribution in [0.5, 0.6) is 0 Å². The number of carbonyl (C=O) groups excluding carboxylic acids is 1. The first-order valence-corrected chi connectivity index (χ1v) is 8.44. The maximum Gasteiger partial charge on any atom is 0.241 e. The summed E-state index contributed by atoms with van der Waals surface area (Å²) >= 11 is 0. The molecule has 1 fully saturated rings. The van der Waals surface area contributed by atoms with Crippen LogP contribution in [0.2, 0.25) is 0 Å². The summed E-state index contributed by atoms with van der Waals surface area (Å²) in [7, 11) is -3.66. The van der Waals surface area contributed by atoms with E-state index in [2.05, 4.69) is 10.0 Å². The van der Waals surface area contributed by atoms with Crippen LogP contribution in [-0.2, 0) is 14.8 Å². The van der Waals surface area contributed by atoms with Crippen molar-refractivity contribution in [1.29, 1.82) is 0 Å². The van der Waals surface area contributed by atoms with Crippen LogP contribution in [0.1, 0.15) is 11.1 Å². The van der Waals surface area contributed by atoms with Crippen molar-refractivity contribution < 1.29 is 13.2 Å². The van der Waals surface area contributed by atoms with Gasteiger partial charge in [0.15, 0.2) is 0 Å². The van der Waals surface area contributed by atoms with Crippen molar-refractivity contribution in [1.82, 2.24) is 14.9 Å². The number of carbonyl (C=O) groups is 1. The van der Waals surface area contributed by atoms with E-state index in [1.54, 1.807) is 24.0 Å². The van der Waals surface area contributed by atoms with Gasteiger partial charge in [0.2, 0.25) is 15.9 Å². The largest absolute Gasteiger partial charge is 0.339 e. The first-order valence-electron chi connectivity index (χ1n) is 6.95. The Labute approximate surface area is 125 Å². The molecule has 21 heavy (non-hydrogen) atoms. The van der Waals surface area contributed by atoms with E-state index in [1.165, 1.54) is 0 Å². The highest BCUT2D eigenvalue weighted by Gasteiger charge is 2.21. The lowest BCUT2D eigenvalue weighted by atomic mass is 10.2. The zero-order valence-electron chi connectivity index (χ0n) is 12.3. The maximum absolute atomic E-state index is 12.3. The number of nitrogens with zero attached hydrogens (tertiary/aromatic N) is 1. The second-order valence-corrected chi connectivity index (χ2v) is 6.96. The van der Waals surface area contributed by atoms with Crippen LogP contribution in [0.4, 0.5) is 0 Å². The minimum atomic E-state index is -3.66. The van der Waals surface area contributed by atoms with Gasteiger partial charge in [-0.25, -0.2) is 13.1 Å². The highest BCUT2D eigenvalue weighted by molar-refractivity contribution is 7.89. The number of hydrogen-bond acceptors (Lipinski definition) is 4. The van der Waals surface area contributed by atoms with E-state index in [-0.39, 0.29) is 17.3 Å². The number of nitrogens with one attached hydrogen (secondary N) is 2. The quantitative estimate of drug-likeness (QED) is 0.821. The third-order valence-corrected chi connectivity index (χ3v) is 5.06. The molecule has 0 radical (unpaired) electrons. The molecule has 0 unspecified atom stereocenters. The van der Waals surface area contributed by atoms with Gasteiger partial charge in [0.1, 0.15) is 0 Å². The zero-order valence-corrected chi connectivity index (χ0v) is 13.2. The summed E-state index contributed by atoms with van der Waals surface area (Å²) in [5.74, 6) is -0.189. The van der Waals surface area contributed by atoms with Gasteiger partial charge in [-0.2, -0.15) is 0 Å². The van der Waals surface area contributed by atoms with Crippen LogP contribution in [0.3, 0.4) is 0 Å². The van der Waals surface area contributed by atoms with E-state index in [4.69, 9.17) is 0 Å². The Morgan fingerprint density at radius 3 is 2.62 bits per heavy atom. The van der Waals surface area contributed by atoms with Crippen LogP contribution in [0.25, 0.3) is 0 Å². The first-order chi connectivity index (χ1) is 9.90. The average molecular weight is 311 g/mol. The van der Waals surface area contributed by atoms with Gasteiger partial charge in [-0.1, -0.05) is 12.1 Å². The van der Waals surface area contributed by atoms with E-state index < -0.39 is 10.0 Å². The highest BCUT2D eigenvalue weighted by Crippen LogP contribution is 2.16. The third kappa shape index (κ3) is 4.03. The predicted molar refractivity (Wildman–Crippen MR) is 80.6 cm³/mol. The molecule has 0 bridgehead atoms. The van der Waals surface area contributed by atoms with Crippen molar-refractivity contribution in [2.75, 3.05) is 32.7 Å². The molecular formula is C14H21N3O3S. The lowest BCUT2D eigenvalue weighted by molar-refractivity contribution is -0.130. The molecule has 2 N–H and O–H groups in total. The molecule has 1 aromatic carbocycles. The second-order valence-electron chi connectivity index (χ2n) is 5.22. The normalized spacial score (nSPS) is 16.0. The highest BCUT2D eigenvalue weighted by atomic mass is 32.2. The Morgan fingerprint density at radius 2 is 1.95 bits per heavy atom. The molecule has 1 heterocycles. The molecule has 1 amide bonds. The van der Waals surface area contributed by atoms with E-state index in [0.29, 0.717) is 18.7 Å². The summed E-state index contributed by atoms with van der Waals surface area (Å²) in [6.45, 7) is 6.10. The summed E-state index contributed by atoms with van der Waals surface area (Å²) < 4.78 is 27.0. The Hall–Kier alpha value is -1.44. The average Bonchev–Trinajstić information content (AvgIpc) is 2.48. The van der Waals surface area contributed by atoms with Gasteiger partial charge in [-0.3, -0.25) is 4.79 Å². The molecule has 0 spiro atoms. The molecule has 0 aromatic heterocycles. The standard InChI is InChI=1S/C14H21N3O3S/c1-11-3-4-12(2)13(9-11)21(19,20)16-10-14(18)17-7-5-15-6-8-17/h3-4,9,15-16H,5-8,10H2,1-2H3. The number of benzene rings is 1. The Balaban J connectivity index is 2.04. The van der Waals surface area contributed by atoms with Gasteiger partial charge in [0.25, 0.3) is 0 Å². The number of rotatable bonds is 4. The Bertz CT molecular complexity index is 622. The SMILES string of the molecule is Cc1ccc(C)c(S(=O)(=O)NCC(=O)N2CCNCC2)c1. The minimum Gasteiger partial charge on any atom is -0.339 e. The number of aryl methyl sites for hydroxylation is 2. The molecule has 2 rings (SSSR count). The van der Waals surface area contributed by atoms with Gasteiger partial charge >= 0.3 is 0 Å². The molecule has 116 valence electrons. The topological polar surface area (TPSA) is 78.5 Å². The molecule has 1 aliphatic heterocycles. The number of hydrogen-bond donors (Lipinski definition) is 2. The molecule has 1 aromatic rings. The van der Waals surface area contributed by atoms with Crippen LogP contribution in [0, 0.1) is 13.8 Å². The molecule has 6 nitrogen and oxygen atoms in total. The van der Waals surface area contributed by atoms with Crippen LogP contribution in [0.15, 0.2) is 23.1 Å². The van der Waals surface area contributed by atoms with Crippen molar-refractivity contribution >= 4 is 15.9 Å². The van der Waals surface area contributed by atoms with E-state index >= 15 is 0 Å². The number of amides is 1. The van der Waals surface area contributed by atoms with Crippen molar-refractivity contribution in [2.24, 2.45) is 0 Å². The maximum atomic E-state index is 12.3. The molecule has 0 atom stereocenters. The van der Waals surface area contributed by atoms with Crippen LogP contribution in [-0.4, -0.2) is 51.9 Å². The molecule has 1 saturated heterocycles. The third-order valence-electron chi connectivity index (χ3n) is 3.52. The fraction of sp³-hybridized carbons (Fsp3) is 0.500. The summed E-state index contributed by atoms with van der Waals surface area (Å²) in [4.78, 5) is 13.9. The lowest BCUT2D eigenvalue weighted by Gasteiger charge is -2.27. The van der Waals surface area contributed by atoms with Gasteiger partial charge in [-0.05, 0) is 31.0 Å². The van der Waals surface area contributed by atoms with Crippen LogP contribution < -0.4 is 10.0 Å². The fourth-order valence-corrected chi connectivity index (χ4v) is 3.56. The summed E-state index contributed by atoms with van der Waals surface area (Å²) in [5.41, 5.74) is 1.54. The van der Waals surface area contributed by atoms with Crippen molar-refractivity contribution in [3.63, 3.8) is 0 Å². The van der Waals surface area contributed by atoms with E-state index in [9.17, 15) is 13.2 Å². The number of sulfonamides is 1. The smallest absolute Gasteiger partial charge is 0.241 e. The van der Waals surface area contributed by atoms with Gasteiger partial charge in [-0.15, -0.1) is 0 Å². The van der Waals surface area contributed by atoms with Crippen molar-refractivity contribution in [2.45, 2.75) is 18.7 Å². The fourth-order valence-electron chi connectivity index (χ4n) is 2.26. The minimum absolute atomic E-state index is 0.189. The predicted octanol–water partition coefficient (Wildman–Crippen LogP) is 0.0135. The molecule has 0 saturated carbocycles. The number of piperazine rings is 1. The Kier molecular flexibility index (Phi) is 4.97. The summed E-state index contributed by atoms with van der Waals surface area (Å²) in [5, 5.41) is 3.15. The molecule has 7 heteroatoms. The van der Waals surface area contributed by atoms with Crippen molar-refractivity contribution in [3.8, 4) is 0 Å². The molecular weight excluding hydrogens is 290 g/mol. The molecule has 0 aliphatic carbocycles. The first kappa shape index (κ1) is 15.9. The Morgan fingerprint density at radius 1 is 1.29 bits per heavy atom. The van der Waals surface area contributed by atoms with E-state index in [1.807, 2.05) is 13.0 Å². The van der Waals surface area contributed by atoms with E-state index in [0.717, 1.165) is 18.7 Å². The van der Waals surface area contributed by atoms with Gasteiger partial charge in [0.05, 0.1) is 11.4 Å². The second kappa shape index (κ2) is 6.55. The lowest BCUT2D eigenvalue weighted by Crippen LogP contribution is -2.49. The zero-order chi connectivity index (χ0) is 15.5. The van der Waals surface area contributed by atoms with Gasteiger partial charge in [0, 0.05) is 26.2 Å². The monoisotopic (exact) mass is 311 g/mol. The molecule has 1 aliphatic rings. The summed E-state index contributed by atoms with van der Waals surface area (Å²) in [6, 6.07) is 5.25. The van der Waals surface area contributed by atoms with Crippen LogP contribution >= 0.6 is 0 Å². The van der Waals surface area contributed by atoms with Gasteiger partial charge < -0.3 is 10.2 Å². The summed E-state index contributed by atoms with van der Waals surface area (Å²) in [6.07, 6.45) is 0.